The molecule has 1 saturated carbocycles. The molecule has 0 aromatic heterocycles. The van der Waals surface area contributed by atoms with Crippen molar-refractivity contribution >= 4 is 12.1 Å². The second kappa shape index (κ2) is 7.79. The second-order valence-electron chi connectivity index (χ2n) is 5.41. The van der Waals surface area contributed by atoms with E-state index in [1.807, 2.05) is 30.3 Å². The summed E-state index contributed by atoms with van der Waals surface area (Å²) in [6, 6.07) is 8.96. The zero-order chi connectivity index (χ0) is 15.9. The maximum absolute atomic E-state index is 11.8. The van der Waals surface area contributed by atoms with Crippen LogP contribution in [0.5, 0.6) is 0 Å². The quantitative estimate of drug-likeness (QED) is 0.826. The Bertz CT molecular complexity index is 505. The number of carbonyl (C=O) groups is 2. The van der Waals surface area contributed by atoms with Crippen molar-refractivity contribution < 1.29 is 24.2 Å². The number of methoxy groups -OCH3 is 1. The average Bonchev–Trinajstić information content (AvgIpc) is 2.55. The van der Waals surface area contributed by atoms with Crippen LogP contribution in [0, 0.1) is 5.92 Å². The van der Waals surface area contributed by atoms with Gasteiger partial charge in [0.15, 0.2) is 0 Å². The van der Waals surface area contributed by atoms with Gasteiger partial charge in [-0.2, -0.15) is 0 Å². The van der Waals surface area contributed by atoms with E-state index in [1.165, 1.54) is 7.11 Å². The van der Waals surface area contributed by atoms with Crippen molar-refractivity contribution in [3.05, 3.63) is 35.9 Å². The molecular formula is C16H21NO5. The van der Waals surface area contributed by atoms with Crippen LogP contribution in [0.25, 0.3) is 0 Å². The van der Waals surface area contributed by atoms with Gasteiger partial charge in [0.25, 0.3) is 0 Å². The molecule has 0 heterocycles. The van der Waals surface area contributed by atoms with E-state index in [4.69, 9.17) is 4.74 Å². The lowest BCUT2D eigenvalue weighted by atomic mass is 9.84. The number of ether oxygens (including phenoxy) is 2. The zero-order valence-corrected chi connectivity index (χ0v) is 12.5. The Morgan fingerprint density at radius 2 is 2.00 bits per heavy atom. The molecule has 1 amide bonds. The maximum atomic E-state index is 11.8. The fourth-order valence-corrected chi connectivity index (χ4v) is 2.61. The van der Waals surface area contributed by atoms with Gasteiger partial charge in [-0.3, -0.25) is 4.79 Å². The predicted octanol–water partition coefficient (Wildman–Crippen LogP) is 1.62. The van der Waals surface area contributed by atoms with E-state index in [9.17, 15) is 14.7 Å². The molecule has 0 spiro atoms. The van der Waals surface area contributed by atoms with E-state index >= 15 is 0 Å². The lowest BCUT2D eigenvalue weighted by Gasteiger charge is -2.31. The lowest BCUT2D eigenvalue weighted by Crippen LogP contribution is -2.48. The first kappa shape index (κ1) is 16.3. The van der Waals surface area contributed by atoms with Crippen molar-refractivity contribution in [2.45, 2.75) is 38.0 Å². The molecule has 120 valence electrons. The van der Waals surface area contributed by atoms with E-state index in [0.717, 1.165) is 5.56 Å². The van der Waals surface area contributed by atoms with Crippen LogP contribution in [-0.4, -0.2) is 36.4 Å². The van der Waals surface area contributed by atoms with Crippen molar-refractivity contribution in [3.8, 4) is 0 Å². The largest absolute Gasteiger partial charge is 0.469 e. The molecule has 6 nitrogen and oxygen atoms in total. The van der Waals surface area contributed by atoms with E-state index in [2.05, 4.69) is 10.1 Å². The standard InChI is InChI=1S/C16H21NO5/c1-21-15(19)12-7-8-13(14(18)9-12)17-16(20)22-10-11-5-3-2-4-6-11/h2-6,12-14,18H,7-10H2,1H3,(H,17,20)/t12-,13+,14+/m1/s1. The van der Waals surface area contributed by atoms with Gasteiger partial charge < -0.3 is 19.9 Å². The fourth-order valence-electron chi connectivity index (χ4n) is 2.61. The van der Waals surface area contributed by atoms with Crippen LogP contribution >= 0.6 is 0 Å². The van der Waals surface area contributed by atoms with Crippen molar-refractivity contribution in [2.24, 2.45) is 5.92 Å². The summed E-state index contributed by atoms with van der Waals surface area (Å²) in [6.45, 7) is 0.181. The van der Waals surface area contributed by atoms with Gasteiger partial charge >= 0.3 is 12.1 Å². The summed E-state index contributed by atoms with van der Waals surface area (Å²) >= 11 is 0. The average molecular weight is 307 g/mol. The van der Waals surface area contributed by atoms with Crippen LogP contribution in [0.1, 0.15) is 24.8 Å². The Kier molecular flexibility index (Phi) is 5.77. The van der Waals surface area contributed by atoms with Crippen molar-refractivity contribution in [1.29, 1.82) is 0 Å². The van der Waals surface area contributed by atoms with Crippen LogP contribution in [0.15, 0.2) is 30.3 Å². The minimum Gasteiger partial charge on any atom is -0.469 e. The van der Waals surface area contributed by atoms with Gasteiger partial charge in [0.2, 0.25) is 0 Å². The summed E-state index contributed by atoms with van der Waals surface area (Å²) in [5.41, 5.74) is 0.896. The van der Waals surface area contributed by atoms with Gasteiger partial charge in [-0.25, -0.2) is 4.79 Å². The molecule has 1 aliphatic carbocycles. The van der Waals surface area contributed by atoms with Gasteiger partial charge in [0.1, 0.15) is 6.61 Å². The number of hydrogen-bond donors (Lipinski definition) is 2. The lowest BCUT2D eigenvalue weighted by molar-refractivity contribution is -0.148. The highest BCUT2D eigenvalue weighted by molar-refractivity contribution is 5.72. The van der Waals surface area contributed by atoms with Gasteiger partial charge in [0.05, 0.1) is 25.2 Å². The van der Waals surface area contributed by atoms with E-state index in [0.29, 0.717) is 12.8 Å². The number of alkyl carbamates (subject to hydrolysis) is 1. The molecule has 0 radical (unpaired) electrons. The van der Waals surface area contributed by atoms with E-state index in [1.54, 1.807) is 0 Å². The zero-order valence-electron chi connectivity index (χ0n) is 12.5. The number of nitrogens with one attached hydrogen (secondary N) is 1. The summed E-state index contributed by atoms with van der Waals surface area (Å²) in [7, 11) is 1.33. The third-order valence-electron chi connectivity index (χ3n) is 3.87. The Balaban J connectivity index is 1.76. The molecule has 3 atom stereocenters. The monoisotopic (exact) mass is 307 g/mol. The van der Waals surface area contributed by atoms with Gasteiger partial charge in [0, 0.05) is 0 Å². The minimum atomic E-state index is -0.776. The van der Waals surface area contributed by atoms with Gasteiger partial charge in [-0.15, -0.1) is 0 Å². The molecule has 1 aromatic carbocycles. The van der Waals surface area contributed by atoms with Crippen LogP contribution in [0.3, 0.4) is 0 Å². The summed E-state index contributed by atoms with van der Waals surface area (Å²) < 4.78 is 9.80. The highest BCUT2D eigenvalue weighted by Crippen LogP contribution is 2.25. The van der Waals surface area contributed by atoms with Crippen LogP contribution in [0.4, 0.5) is 4.79 Å². The molecule has 0 unspecified atom stereocenters. The molecule has 0 bridgehead atoms. The summed E-state index contributed by atoms with van der Waals surface area (Å²) in [5.74, 6) is -0.623. The highest BCUT2D eigenvalue weighted by atomic mass is 16.5. The van der Waals surface area contributed by atoms with Crippen LogP contribution < -0.4 is 5.32 Å². The first-order valence-electron chi connectivity index (χ1n) is 7.33. The summed E-state index contributed by atoms with van der Waals surface area (Å²) in [6.07, 6.45) is 0.0388. The minimum absolute atomic E-state index is 0.181. The molecule has 22 heavy (non-hydrogen) atoms. The number of hydrogen-bond acceptors (Lipinski definition) is 5. The predicted molar refractivity (Wildman–Crippen MR) is 78.9 cm³/mol. The first-order chi connectivity index (χ1) is 10.6. The number of benzene rings is 1. The Morgan fingerprint density at radius 1 is 1.27 bits per heavy atom. The van der Waals surface area contributed by atoms with Crippen molar-refractivity contribution in [3.63, 3.8) is 0 Å². The van der Waals surface area contributed by atoms with Gasteiger partial charge in [-0.1, -0.05) is 30.3 Å². The SMILES string of the molecule is COC(=O)[C@@H]1CC[C@H](NC(=O)OCc2ccccc2)[C@@H](O)C1. The molecule has 1 fully saturated rings. The third kappa shape index (κ3) is 4.46. The maximum Gasteiger partial charge on any atom is 0.407 e. The number of rotatable bonds is 4. The number of aliphatic hydroxyl groups is 1. The van der Waals surface area contributed by atoms with Crippen molar-refractivity contribution in [2.75, 3.05) is 7.11 Å². The molecule has 1 aliphatic rings. The fraction of sp³-hybridized carbons (Fsp3) is 0.500. The molecule has 0 saturated heterocycles. The Hall–Kier alpha value is -2.08. The number of carbonyl (C=O) groups excluding carboxylic acids is 2. The molecule has 6 heteroatoms. The molecule has 2 rings (SSSR count). The first-order valence-corrected chi connectivity index (χ1v) is 7.33. The Morgan fingerprint density at radius 3 is 2.64 bits per heavy atom. The highest BCUT2D eigenvalue weighted by Gasteiger charge is 2.34. The number of amides is 1. The molecule has 0 aliphatic heterocycles. The number of aliphatic hydroxyl groups excluding tert-OH is 1. The Labute approximate surface area is 129 Å². The molecule has 1 aromatic rings. The normalized spacial score (nSPS) is 24.4. The third-order valence-corrected chi connectivity index (χ3v) is 3.87. The van der Waals surface area contributed by atoms with Crippen LogP contribution in [0.2, 0.25) is 0 Å². The van der Waals surface area contributed by atoms with Gasteiger partial charge in [-0.05, 0) is 24.8 Å². The smallest absolute Gasteiger partial charge is 0.407 e. The summed E-state index contributed by atoms with van der Waals surface area (Å²) in [4.78, 5) is 23.2. The molecule has 2 N–H and O–H groups in total. The molecular weight excluding hydrogens is 286 g/mol. The van der Waals surface area contributed by atoms with E-state index in [-0.39, 0.29) is 24.9 Å². The van der Waals surface area contributed by atoms with Crippen molar-refractivity contribution in [1.82, 2.24) is 5.32 Å². The van der Waals surface area contributed by atoms with Crippen LogP contribution in [-0.2, 0) is 20.9 Å². The van der Waals surface area contributed by atoms with E-state index < -0.39 is 18.2 Å². The second-order valence-corrected chi connectivity index (χ2v) is 5.41. The topological polar surface area (TPSA) is 84.9 Å². The summed E-state index contributed by atoms with van der Waals surface area (Å²) in [5, 5.41) is 12.7. The number of esters is 1.